The number of nitrogens with one attached hydrogen (secondary N) is 12. The number of carboxylic acids is 2. The summed E-state index contributed by atoms with van der Waals surface area (Å²) in [7, 11) is 2.70. The number of nitrogens with zero attached hydrogens (tertiary/aromatic N) is 6. The Bertz CT molecular complexity index is 5270. The first-order valence-corrected chi connectivity index (χ1v) is 47.1. The van der Waals surface area contributed by atoms with Gasteiger partial charge in [0.25, 0.3) is 0 Å². The fourth-order valence-electron chi connectivity index (χ4n) is 17.6. The third kappa shape index (κ3) is 28.4. The molecule has 4 aliphatic heterocycles. The maximum Gasteiger partial charge on any atom is 0.305 e. The molecule has 2 unspecified atom stereocenters. The number of H-pyrrole nitrogens is 3. The van der Waals surface area contributed by atoms with Gasteiger partial charge >= 0.3 is 11.9 Å². The number of carboxylic acid groups (broad SMARTS) is 2. The van der Waals surface area contributed by atoms with Crippen LogP contribution in [-0.2, 0) is 112 Å². The molecule has 736 valence electrons. The molecule has 4 saturated heterocycles. The van der Waals surface area contributed by atoms with Gasteiger partial charge in [-0.15, -0.1) is 11.8 Å². The number of hydrogen-bond acceptors (Lipinski definition) is 24. The van der Waals surface area contributed by atoms with Crippen molar-refractivity contribution in [3.63, 3.8) is 0 Å². The fraction of sp³-hybridized carbons (Fsp3) is 0.533. The number of primary amides is 1. The molecule has 3 aromatic carbocycles. The van der Waals surface area contributed by atoms with Gasteiger partial charge < -0.3 is 124 Å². The molecular formula is C92H124N20O23S. The molecule has 44 heteroatoms. The number of thioether (sulfide) groups is 1. The summed E-state index contributed by atoms with van der Waals surface area (Å²) in [6, 6.07) is -0.965. The van der Waals surface area contributed by atoms with E-state index in [0.717, 1.165) is 36.3 Å². The van der Waals surface area contributed by atoms with Crippen LogP contribution in [0, 0.1) is 5.92 Å². The number of aliphatic carboxylic acids is 2. The molecule has 15 amide bonds. The van der Waals surface area contributed by atoms with Gasteiger partial charge in [0.05, 0.1) is 55.4 Å². The molecule has 0 aliphatic carbocycles. The van der Waals surface area contributed by atoms with Gasteiger partial charge in [0, 0.05) is 125 Å². The number of aromatic amines is 3. The Labute approximate surface area is 788 Å². The van der Waals surface area contributed by atoms with Gasteiger partial charge in [-0.1, -0.05) is 88.1 Å². The minimum Gasteiger partial charge on any atom is -0.508 e. The maximum absolute atomic E-state index is 15.7. The molecular weight excluding hydrogens is 1790 g/mol. The zero-order chi connectivity index (χ0) is 98.6. The normalized spacial score (nSPS) is 25.2. The number of benzene rings is 3. The highest BCUT2D eigenvalue weighted by Crippen LogP contribution is 2.30. The van der Waals surface area contributed by atoms with E-state index in [1.54, 1.807) is 60.9 Å². The molecule has 21 N–H and O–H groups in total. The van der Waals surface area contributed by atoms with E-state index < -0.39 is 267 Å². The lowest BCUT2D eigenvalue weighted by molar-refractivity contribution is -0.149. The predicted octanol–water partition coefficient (Wildman–Crippen LogP) is -1.41. The Balaban J connectivity index is 1.02. The Morgan fingerprint density at radius 3 is 1.70 bits per heavy atom. The topological polar surface area (TPSA) is 645 Å². The van der Waals surface area contributed by atoms with Crippen molar-refractivity contribution in [3.05, 3.63) is 120 Å². The van der Waals surface area contributed by atoms with E-state index in [1.165, 1.54) is 50.9 Å². The van der Waals surface area contributed by atoms with Crippen molar-refractivity contribution in [2.24, 2.45) is 17.4 Å². The largest absolute Gasteiger partial charge is 0.508 e. The van der Waals surface area contributed by atoms with Crippen LogP contribution in [0.4, 0.5) is 0 Å². The van der Waals surface area contributed by atoms with Crippen LogP contribution in [0.25, 0.3) is 21.8 Å². The molecule has 0 spiro atoms. The zero-order valence-corrected chi connectivity index (χ0v) is 77.3. The quantitative estimate of drug-likeness (QED) is 0.0297. The lowest BCUT2D eigenvalue weighted by Crippen LogP contribution is -2.61. The van der Waals surface area contributed by atoms with Crippen LogP contribution in [0.5, 0.6) is 5.75 Å². The van der Waals surface area contributed by atoms with Crippen LogP contribution >= 0.6 is 11.8 Å². The zero-order valence-electron chi connectivity index (χ0n) is 76.4. The minimum absolute atomic E-state index is 0.000831. The van der Waals surface area contributed by atoms with Gasteiger partial charge in [-0.25, -0.2) is 4.98 Å². The number of phenolic OH excluding ortho intramolecular Hbond substituents is 1. The Morgan fingerprint density at radius 1 is 0.537 bits per heavy atom. The van der Waals surface area contributed by atoms with Crippen molar-refractivity contribution in [1.29, 1.82) is 0 Å². The first-order valence-electron chi connectivity index (χ1n) is 45.9. The van der Waals surface area contributed by atoms with E-state index in [0.29, 0.717) is 77.0 Å². The SMILES string of the molecule is CCCC[C@@H]1C(=O)N(C)[C@H](CCCC)C(=O)N[C@@H](CCCN)C(=O)N[C@@H](C(=O)NCC(N)=O)CSCC(=O)N[C@@H](Cc2ccc(O)cc2)C(=O)N2CCCCC2C(=O)N[C@H](CC(=O)O)C(=O)N2CCC[C@H]2C(=O)N[C@H](Cc2c[nH]cn2)C(=O)N[C@@H](CCC(=O)O)C(=O)N2C[C@H](O)CC2C(=O)N[C@H](Cc2c[nH]c3ccccc23)C(=O)C[C@@H](CO)C(=O)N[C@@H](Cc2c[nH]c3ccccc23)C(=O)N1C. The Morgan fingerprint density at radius 2 is 1.09 bits per heavy atom. The smallest absolute Gasteiger partial charge is 0.305 e. The highest BCUT2D eigenvalue weighted by atomic mass is 32.2. The number of para-hydroxylation sites is 2. The third-order valence-electron chi connectivity index (χ3n) is 25.0. The number of rotatable bonds is 26. The molecule has 3 aromatic heterocycles. The van der Waals surface area contributed by atoms with E-state index in [-0.39, 0.29) is 95.3 Å². The summed E-state index contributed by atoms with van der Waals surface area (Å²) >= 11 is 0.779. The summed E-state index contributed by atoms with van der Waals surface area (Å²) < 4.78 is 0. The highest BCUT2D eigenvalue weighted by molar-refractivity contribution is 8.00. The molecule has 136 heavy (non-hydrogen) atoms. The van der Waals surface area contributed by atoms with Crippen molar-refractivity contribution in [2.75, 3.05) is 64.9 Å². The predicted molar refractivity (Wildman–Crippen MR) is 493 cm³/mol. The number of ketones is 1. The summed E-state index contributed by atoms with van der Waals surface area (Å²) in [6.45, 7) is 1.04. The maximum atomic E-state index is 15.7. The van der Waals surface area contributed by atoms with Crippen LogP contribution in [-0.4, -0.2) is 326 Å². The lowest BCUT2D eigenvalue weighted by atomic mass is 9.93. The number of aliphatic hydroxyl groups excluding tert-OH is 2. The number of aromatic hydroxyl groups is 1. The molecule has 0 saturated carbocycles. The number of carbonyl (C=O) groups excluding carboxylic acids is 16. The number of fused-ring (bicyclic) bond motifs is 5. The van der Waals surface area contributed by atoms with E-state index >= 15 is 47.9 Å². The molecule has 10 rings (SSSR count). The van der Waals surface area contributed by atoms with Crippen molar-refractivity contribution in [3.8, 4) is 5.75 Å². The number of piperidine rings is 1. The number of amides is 15. The number of carbonyl (C=O) groups is 18. The number of imidazole rings is 1. The molecule has 4 fully saturated rings. The van der Waals surface area contributed by atoms with Crippen LogP contribution in [0.15, 0.2) is 97.7 Å². The monoisotopic (exact) mass is 1910 g/mol. The van der Waals surface area contributed by atoms with Crippen molar-refractivity contribution < 1.29 is 112 Å². The number of hydrogen-bond donors (Lipinski definition) is 19. The number of phenols is 1. The van der Waals surface area contributed by atoms with Gasteiger partial charge in [0.2, 0.25) is 88.6 Å². The molecule has 0 radical (unpaired) electrons. The number of aliphatic hydroxyl groups is 2. The molecule has 6 aromatic rings. The molecule has 43 nitrogen and oxygen atoms in total. The molecule has 0 bridgehead atoms. The minimum atomic E-state index is -1.92. The van der Waals surface area contributed by atoms with Crippen LogP contribution in [0.1, 0.15) is 152 Å². The number of Topliss-reactive ketones (excluding diaryl/α,β-unsaturated/α-hetero) is 1. The molecule has 15 atom stereocenters. The van der Waals surface area contributed by atoms with Crippen LogP contribution in [0.2, 0.25) is 0 Å². The first kappa shape index (κ1) is 105. The van der Waals surface area contributed by atoms with Gasteiger partial charge in [-0.05, 0) is 112 Å². The number of unbranched alkanes of at least 4 members (excludes halogenated alkanes) is 2. The summed E-state index contributed by atoms with van der Waals surface area (Å²) in [5.74, 6) is -21.0. The van der Waals surface area contributed by atoms with Gasteiger partial charge in [0.15, 0.2) is 5.78 Å². The average molecular weight is 1910 g/mol. The van der Waals surface area contributed by atoms with Crippen molar-refractivity contribution in [2.45, 2.75) is 240 Å². The van der Waals surface area contributed by atoms with Crippen molar-refractivity contribution in [1.82, 2.24) is 92.3 Å². The molecule has 4 aliphatic rings. The summed E-state index contributed by atoms with van der Waals surface area (Å²) in [5.41, 5.74) is 14.2. The second-order valence-electron chi connectivity index (χ2n) is 34.9. The van der Waals surface area contributed by atoms with Crippen LogP contribution < -0.4 is 59.3 Å². The average Bonchev–Trinajstić information content (AvgIpc) is 1.74. The van der Waals surface area contributed by atoms with E-state index in [4.69, 9.17) is 11.5 Å². The summed E-state index contributed by atoms with van der Waals surface area (Å²) in [4.78, 5) is 282. The summed E-state index contributed by atoms with van der Waals surface area (Å²) in [5, 5.41) is 78.4. The van der Waals surface area contributed by atoms with Crippen molar-refractivity contribution >= 4 is 140 Å². The van der Waals surface area contributed by atoms with Crippen LogP contribution in [0.3, 0.4) is 0 Å². The van der Waals surface area contributed by atoms with E-state index in [2.05, 4.69) is 67.8 Å². The van der Waals surface area contributed by atoms with Gasteiger partial charge in [-0.2, -0.15) is 0 Å². The van der Waals surface area contributed by atoms with Gasteiger partial charge in [0.1, 0.15) is 78.3 Å². The first-order chi connectivity index (χ1) is 65.1. The van der Waals surface area contributed by atoms with E-state index in [1.807, 2.05) is 13.8 Å². The fourth-order valence-corrected chi connectivity index (χ4v) is 18.5. The Hall–Kier alpha value is -13.4. The second kappa shape index (κ2) is 50.3. The number of aromatic nitrogens is 4. The third-order valence-corrected chi connectivity index (χ3v) is 26.0. The number of likely N-dealkylation sites (N-methyl/N-ethyl adjacent to an activating group) is 2. The highest BCUT2D eigenvalue weighted by Gasteiger charge is 2.48. The second-order valence-corrected chi connectivity index (χ2v) is 35.9. The molecule has 7 heterocycles. The van der Waals surface area contributed by atoms with Gasteiger partial charge in [-0.3, -0.25) is 86.3 Å². The number of nitrogens with two attached hydrogens (primary N) is 2. The summed E-state index contributed by atoms with van der Waals surface area (Å²) in [6.07, 6.45) is 1.54. The van der Waals surface area contributed by atoms with E-state index in [9.17, 15) is 63.9 Å². The Kier molecular flexibility index (Phi) is 38.7. The standard InChI is InChI=1S/C92H124N20O23S/c1-5-7-22-70-84(127)101-62(21-15-32-93)82(125)107-69(81(124)98-45-76(94)117)48-136-49-77(118)100-66(35-51-26-28-56(114)29-27-51)90(133)110-33-14-13-24-71(110)86(129)106-68(41-79(121)122)91(134)111-34-16-25-72(111)85(128)104-65(39-55-44-95-50-99-55)83(126)102-63(30-31-78(119)120)89(132)112-46-57(115)40-74(112)87(130)103-64(36-52-42-96-60-19-11-9-17-58(52)60)75(116)38-54(47-113)80(123)105-67(37-53-43-97-61-20-12-10-18-59(53)61)88(131)109(4)73(23-8-6-2)92(135)108(70)3/h9-12,17-20,26-29,42-44,50,54,57,62-74,96-97,113-115H,5-8,13-16,21-25,30-41,45-49,93H2,1-4H3,(H2,94,117)(H,95,99)(H,98,124)(H,100,118)(H,101,127)(H,102,126)(H,103,130)(H,104,128)(H,105,123)(H,106,129)(H,107,125)(H,119,120)(H,121,122)/t54-,57+,62-,63-,64+,65+,66-,67-,68+,69+,70+,71?,72-,73+,74?/m0/s1. The lowest BCUT2D eigenvalue weighted by Gasteiger charge is -2.38.